The molecule has 1 unspecified atom stereocenters. The van der Waals surface area contributed by atoms with Crippen molar-refractivity contribution in [3.05, 3.63) is 53.2 Å². The van der Waals surface area contributed by atoms with Gasteiger partial charge in [0.1, 0.15) is 12.1 Å². The van der Waals surface area contributed by atoms with Crippen LogP contribution in [0.5, 0.6) is 5.88 Å². The first-order valence-electron chi connectivity index (χ1n) is 6.42. The minimum Gasteiger partial charge on any atom is -0.481 e. The molecule has 2 aromatic rings. The van der Waals surface area contributed by atoms with Crippen LogP contribution in [0.1, 0.15) is 22.9 Å². The number of hydrogen-bond acceptors (Lipinski definition) is 4. The predicted molar refractivity (Wildman–Crippen MR) is 75.2 cm³/mol. The van der Waals surface area contributed by atoms with Gasteiger partial charge in [0.05, 0.1) is 7.11 Å². The summed E-state index contributed by atoms with van der Waals surface area (Å²) in [7, 11) is 3.45. The molecule has 0 radical (unpaired) electrons. The molecule has 1 N–H and O–H groups in total. The van der Waals surface area contributed by atoms with E-state index >= 15 is 0 Å². The van der Waals surface area contributed by atoms with Crippen LogP contribution in [0.2, 0.25) is 0 Å². The van der Waals surface area contributed by atoms with E-state index < -0.39 is 0 Å². The molecule has 0 fully saturated rings. The molecular formula is C15H18FN3O. The average Bonchev–Trinajstić information content (AvgIpc) is 2.48. The van der Waals surface area contributed by atoms with Crippen LogP contribution in [-0.2, 0) is 6.42 Å². The lowest BCUT2D eigenvalue weighted by molar-refractivity contribution is 0.395. The van der Waals surface area contributed by atoms with Crippen LogP contribution < -0.4 is 10.1 Å². The molecule has 1 heterocycles. The van der Waals surface area contributed by atoms with Crippen molar-refractivity contribution >= 4 is 0 Å². The lowest BCUT2D eigenvalue weighted by Crippen LogP contribution is -2.19. The lowest BCUT2D eigenvalue weighted by Gasteiger charge is -2.17. The molecule has 0 spiro atoms. The molecule has 1 aromatic carbocycles. The van der Waals surface area contributed by atoms with Crippen molar-refractivity contribution in [3.63, 3.8) is 0 Å². The summed E-state index contributed by atoms with van der Waals surface area (Å²) in [5.74, 6) is 0.354. The summed E-state index contributed by atoms with van der Waals surface area (Å²) in [6.45, 7) is 1.76. The van der Waals surface area contributed by atoms with E-state index in [0.717, 1.165) is 11.3 Å². The lowest BCUT2D eigenvalue weighted by atomic mass is 10.00. The smallest absolute Gasteiger partial charge is 0.216 e. The van der Waals surface area contributed by atoms with Crippen molar-refractivity contribution in [3.8, 4) is 5.88 Å². The van der Waals surface area contributed by atoms with Crippen LogP contribution in [-0.4, -0.2) is 24.1 Å². The first-order valence-corrected chi connectivity index (χ1v) is 6.42. The van der Waals surface area contributed by atoms with Gasteiger partial charge in [-0.2, -0.15) is 0 Å². The van der Waals surface area contributed by atoms with Gasteiger partial charge in [-0.05, 0) is 31.2 Å². The van der Waals surface area contributed by atoms with Crippen molar-refractivity contribution in [2.45, 2.75) is 19.4 Å². The van der Waals surface area contributed by atoms with Crippen molar-refractivity contribution in [2.24, 2.45) is 0 Å². The molecule has 0 aliphatic rings. The molecule has 0 amide bonds. The number of nitrogens with zero attached hydrogens (tertiary/aromatic N) is 2. The second kappa shape index (κ2) is 6.43. The van der Waals surface area contributed by atoms with Crippen LogP contribution in [0.4, 0.5) is 4.39 Å². The van der Waals surface area contributed by atoms with Crippen LogP contribution >= 0.6 is 0 Å². The number of halogens is 1. The molecule has 2 rings (SSSR count). The van der Waals surface area contributed by atoms with Gasteiger partial charge in [0.25, 0.3) is 0 Å². The number of methoxy groups -OCH3 is 1. The predicted octanol–water partition coefficient (Wildman–Crippen LogP) is 2.44. The Morgan fingerprint density at radius 2 is 2.10 bits per heavy atom. The quantitative estimate of drug-likeness (QED) is 0.910. The summed E-state index contributed by atoms with van der Waals surface area (Å²) < 4.78 is 18.4. The second-order valence-corrected chi connectivity index (χ2v) is 4.61. The number of aromatic nitrogens is 2. The van der Waals surface area contributed by atoms with E-state index in [1.54, 1.807) is 26.2 Å². The van der Waals surface area contributed by atoms with E-state index in [4.69, 9.17) is 4.74 Å². The summed E-state index contributed by atoms with van der Waals surface area (Å²) in [6.07, 6.45) is 2.16. The van der Waals surface area contributed by atoms with Gasteiger partial charge >= 0.3 is 0 Å². The van der Waals surface area contributed by atoms with Crippen LogP contribution in [0.3, 0.4) is 0 Å². The molecule has 0 saturated carbocycles. The summed E-state index contributed by atoms with van der Waals surface area (Å²) in [5.41, 5.74) is 2.55. The van der Waals surface area contributed by atoms with Crippen molar-refractivity contribution in [1.29, 1.82) is 0 Å². The van der Waals surface area contributed by atoms with Gasteiger partial charge in [-0.15, -0.1) is 0 Å². The highest BCUT2D eigenvalue weighted by atomic mass is 19.1. The van der Waals surface area contributed by atoms with E-state index in [1.807, 2.05) is 13.1 Å². The average molecular weight is 275 g/mol. The molecule has 0 aliphatic heterocycles. The third kappa shape index (κ3) is 3.30. The van der Waals surface area contributed by atoms with Crippen LogP contribution in [0.15, 0.2) is 30.6 Å². The van der Waals surface area contributed by atoms with Gasteiger partial charge in [-0.25, -0.2) is 14.4 Å². The maximum absolute atomic E-state index is 13.3. The fourth-order valence-corrected chi connectivity index (χ4v) is 2.08. The molecular weight excluding hydrogens is 257 g/mol. The van der Waals surface area contributed by atoms with Gasteiger partial charge in [0.2, 0.25) is 5.88 Å². The third-order valence-corrected chi connectivity index (χ3v) is 3.25. The first-order chi connectivity index (χ1) is 9.63. The standard InChI is InChI=1S/C15H18FN3O/c1-10-6-11(4-5-13(10)16)14(17-2)7-12-8-15(20-3)19-9-18-12/h4-6,8-9,14,17H,7H2,1-3H3. The number of aryl methyl sites for hydroxylation is 1. The molecule has 5 heteroatoms. The SMILES string of the molecule is CNC(Cc1cc(OC)ncn1)c1ccc(F)c(C)c1. The van der Waals surface area contributed by atoms with Gasteiger partial charge in [-0.3, -0.25) is 0 Å². The number of ether oxygens (including phenoxy) is 1. The zero-order valence-corrected chi connectivity index (χ0v) is 11.9. The van der Waals surface area contributed by atoms with E-state index in [2.05, 4.69) is 15.3 Å². The topological polar surface area (TPSA) is 47.0 Å². The number of likely N-dealkylation sites (N-methyl/N-ethyl adjacent to an activating group) is 1. The highest BCUT2D eigenvalue weighted by molar-refractivity contribution is 5.28. The van der Waals surface area contributed by atoms with Gasteiger partial charge in [0.15, 0.2) is 0 Å². The monoisotopic (exact) mass is 275 g/mol. The van der Waals surface area contributed by atoms with E-state index in [-0.39, 0.29) is 11.9 Å². The van der Waals surface area contributed by atoms with E-state index in [9.17, 15) is 4.39 Å². The zero-order chi connectivity index (χ0) is 14.5. The number of rotatable bonds is 5. The van der Waals surface area contributed by atoms with Crippen molar-refractivity contribution < 1.29 is 9.13 Å². The van der Waals surface area contributed by atoms with Gasteiger partial charge < -0.3 is 10.1 Å². The zero-order valence-electron chi connectivity index (χ0n) is 11.9. The molecule has 0 saturated heterocycles. The van der Waals surface area contributed by atoms with Crippen molar-refractivity contribution in [1.82, 2.24) is 15.3 Å². The number of benzene rings is 1. The molecule has 20 heavy (non-hydrogen) atoms. The number of hydrogen-bond donors (Lipinski definition) is 1. The Morgan fingerprint density at radius 3 is 2.75 bits per heavy atom. The van der Waals surface area contributed by atoms with Crippen molar-refractivity contribution in [2.75, 3.05) is 14.2 Å². The largest absolute Gasteiger partial charge is 0.481 e. The Labute approximate surface area is 118 Å². The first kappa shape index (κ1) is 14.4. The summed E-state index contributed by atoms with van der Waals surface area (Å²) in [5, 5.41) is 3.23. The Bertz CT molecular complexity index is 589. The molecule has 1 atom stereocenters. The van der Waals surface area contributed by atoms with E-state index in [0.29, 0.717) is 17.9 Å². The second-order valence-electron chi connectivity index (χ2n) is 4.61. The fourth-order valence-electron chi connectivity index (χ4n) is 2.08. The van der Waals surface area contributed by atoms with Crippen LogP contribution in [0.25, 0.3) is 0 Å². The Balaban J connectivity index is 2.21. The molecule has 0 bridgehead atoms. The van der Waals surface area contributed by atoms with Crippen LogP contribution in [0, 0.1) is 12.7 Å². The maximum atomic E-state index is 13.3. The van der Waals surface area contributed by atoms with Gasteiger partial charge in [-0.1, -0.05) is 12.1 Å². The Kier molecular flexibility index (Phi) is 4.63. The Hall–Kier alpha value is -2.01. The maximum Gasteiger partial charge on any atom is 0.216 e. The third-order valence-electron chi connectivity index (χ3n) is 3.25. The summed E-state index contributed by atoms with van der Waals surface area (Å²) in [6, 6.07) is 7.02. The normalized spacial score (nSPS) is 12.2. The molecule has 1 aromatic heterocycles. The summed E-state index contributed by atoms with van der Waals surface area (Å²) in [4.78, 5) is 8.22. The fraction of sp³-hybridized carbons (Fsp3) is 0.333. The molecule has 106 valence electrons. The number of nitrogens with one attached hydrogen (secondary N) is 1. The molecule has 0 aliphatic carbocycles. The van der Waals surface area contributed by atoms with Gasteiger partial charge in [0, 0.05) is 24.2 Å². The molecule has 4 nitrogen and oxygen atoms in total. The highest BCUT2D eigenvalue weighted by Crippen LogP contribution is 2.20. The minimum atomic E-state index is -0.188. The van der Waals surface area contributed by atoms with E-state index in [1.165, 1.54) is 12.4 Å². The summed E-state index contributed by atoms with van der Waals surface area (Å²) >= 11 is 0. The minimum absolute atomic E-state index is 0.0638. The Morgan fingerprint density at radius 1 is 1.30 bits per heavy atom. The highest BCUT2D eigenvalue weighted by Gasteiger charge is 2.13.